The van der Waals surface area contributed by atoms with E-state index in [4.69, 9.17) is 21.1 Å². The molecule has 0 spiro atoms. The highest BCUT2D eigenvalue weighted by Crippen LogP contribution is 2.26. The number of anilines is 1. The van der Waals surface area contributed by atoms with Gasteiger partial charge in [0.25, 0.3) is 0 Å². The largest absolute Gasteiger partial charge is 0.508 e. The van der Waals surface area contributed by atoms with Gasteiger partial charge in [0.15, 0.2) is 6.10 Å². The Morgan fingerprint density at radius 2 is 1.93 bits per heavy atom. The molecule has 0 saturated heterocycles. The molecule has 0 saturated carbocycles. The number of aliphatic carboxylic acids is 1. The predicted octanol–water partition coefficient (Wildman–Crippen LogP) is -0.547. The van der Waals surface area contributed by atoms with Crippen LogP contribution >= 0.6 is 0 Å². The summed E-state index contributed by atoms with van der Waals surface area (Å²) < 4.78 is 0. The van der Waals surface area contributed by atoms with Gasteiger partial charge in [0.1, 0.15) is 11.9 Å². The lowest BCUT2D eigenvalue weighted by Gasteiger charge is -2.16. The molecule has 1 aromatic rings. The van der Waals surface area contributed by atoms with Gasteiger partial charge in [-0.25, -0.2) is 4.79 Å². The van der Waals surface area contributed by atoms with Gasteiger partial charge >= 0.3 is 5.97 Å². The van der Waals surface area contributed by atoms with Crippen LogP contribution in [0, 0.1) is 0 Å². The third kappa shape index (κ3) is 2.36. The molecule has 0 aliphatic rings. The van der Waals surface area contributed by atoms with Gasteiger partial charge in [-0.15, -0.1) is 0 Å². The van der Waals surface area contributed by atoms with E-state index in [1.165, 1.54) is 12.1 Å². The lowest BCUT2D eigenvalue weighted by atomic mass is 10.0. The number of hydrogen-bond donors (Lipinski definition) is 5. The van der Waals surface area contributed by atoms with Crippen LogP contribution in [0.3, 0.4) is 0 Å². The van der Waals surface area contributed by atoms with Crippen LogP contribution in [0.15, 0.2) is 18.2 Å². The molecule has 0 amide bonds. The van der Waals surface area contributed by atoms with Crippen molar-refractivity contribution < 1.29 is 25.2 Å². The Bertz CT molecular complexity index is 379. The fraction of sp³-hybridized carbons (Fsp3) is 0.222. The summed E-state index contributed by atoms with van der Waals surface area (Å²) in [4.78, 5) is 10.4. The second-order valence-electron chi connectivity index (χ2n) is 3.04. The standard InChI is InChI=1S/C9H11NO5/c10-6-3-4(11)1-2-5(6)7(12)8(13)9(14)15/h1-3,7-8,11-13H,10H2,(H,14,15). The number of carboxylic acids is 1. The van der Waals surface area contributed by atoms with Gasteiger partial charge in [-0.2, -0.15) is 0 Å². The van der Waals surface area contributed by atoms with E-state index in [0.29, 0.717) is 0 Å². The Balaban J connectivity index is 3.01. The molecule has 0 radical (unpaired) electrons. The molecule has 82 valence electrons. The summed E-state index contributed by atoms with van der Waals surface area (Å²) in [6, 6.07) is 3.65. The van der Waals surface area contributed by atoms with Crippen molar-refractivity contribution in [3.8, 4) is 5.75 Å². The molecule has 0 aromatic heterocycles. The quantitative estimate of drug-likeness (QED) is 0.429. The van der Waals surface area contributed by atoms with Crippen molar-refractivity contribution in [2.75, 3.05) is 5.73 Å². The highest BCUT2D eigenvalue weighted by atomic mass is 16.4. The number of aliphatic hydroxyl groups excluding tert-OH is 2. The number of benzene rings is 1. The predicted molar refractivity (Wildman–Crippen MR) is 51.1 cm³/mol. The van der Waals surface area contributed by atoms with Gasteiger partial charge in [0.05, 0.1) is 0 Å². The number of hydrogen-bond acceptors (Lipinski definition) is 5. The Kier molecular flexibility index (Phi) is 3.13. The lowest BCUT2D eigenvalue weighted by Crippen LogP contribution is -2.27. The van der Waals surface area contributed by atoms with Gasteiger partial charge in [-0.1, -0.05) is 6.07 Å². The molecule has 2 unspecified atom stereocenters. The summed E-state index contributed by atoms with van der Waals surface area (Å²) in [5.74, 6) is -1.65. The average Bonchev–Trinajstić information content (AvgIpc) is 2.15. The molecule has 0 aliphatic heterocycles. The van der Waals surface area contributed by atoms with Crippen molar-refractivity contribution in [2.24, 2.45) is 0 Å². The summed E-state index contributed by atoms with van der Waals surface area (Å²) in [5, 5.41) is 36.0. The van der Waals surface area contributed by atoms with Crippen LogP contribution in [0.2, 0.25) is 0 Å². The van der Waals surface area contributed by atoms with Gasteiger partial charge < -0.3 is 26.2 Å². The molecule has 0 fully saturated rings. The minimum absolute atomic E-state index is 0.0165. The van der Waals surface area contributed by atoms with Crippen molar-refractivity contribution in [2.45, 2.75) is 12.2 Å². The molecule has 15 heavy (non-hydrogen) atoms. The smallest absolute Gasteiger partial charge is 0.335 e. The second kappa shape index (κ2) is 4.16. The van der Waals surface area contributed by atoms with Crippen LogP contribution in [-0.2, 0) is 4.79 Å². The molecule has 0 heterocycles. The summed E-state index contributed by atoms with van der Waals surface area (Å²) >= 11 is 0. The number of nitrogens with two attached hydrogens (primary N) is 1. The number of nitrogen functional groups attached to an aromatic ring is 1. The molecular weight excluding hydrogens is 202 g/mol. The first kappa shape index (κ1) is 11.3. The first-order valence-corrected chi connectivity index (χ1v) is 4.11. The Morgan fingerprint density at radius 3 is 2.40 bits per heavy atom. The number of carboxylic acid groups (broad SMARTS) is 1. The Morgan fingerprint density at radius 1 is 1.33 bits per heavy atom. The summed E-state index contributed by atoms with van der Waals surface area (Å²) in [6.07, 6.45) is -3.57. The third-order valence-corrected chi connectivity index (χ3v) is 1.94. The molecule has 6 nitrogen and oxygen atoms in total. The van der Waals surface area contributed by atoms with E-state index in [9.17, 15) is 9.90 Å². The van der Waals surface area contributed by atoms with E-state index >= 15 is 0 Å². The molecular formula is C9H11NO5. The maximum atomic E-state index is 10.4. The molecule has 1 aromatic carbocycles. The first-order valence-electron chi connectivity index (χ1n) is 4.11. The molecule has 6 heteroatoms. The average molecular weight is 213 g/mol. The number of aliphatic hydroxyl groups is 2. The zero-order valence-corrected chi connectivity index (χ0v) is 7.66. The van der Waals surface area contributed by atoms with Crippen LogP contribution in [0.4, 0.5) is 5.69 Å². The fourth-order valence-corrected chi connectivity index (χ4v) is 1.14. The number of aromatic hydroxyl groups is 1. The van der Waals surface area contributed by atoms with Gasteiger partial charge in [0.2, 0.25) is 0 Å². The number of rotatable bonds is 3. The van der Waals surface area contributed by atoms with E-state index in [1.807, 2.05) is 0 Å². The highest BCUT2D eigenvalue weighted by molar-refractivity contribution is 5.73. The number of phenolic OH excluding ortho intramolecular Hbond substituents is 1. The summed E-state index contributed by atoms with van der Waals surface area (Å²) in [6.45, 7) is 0. The van der Waals surface area contributed by atoms with Crippen molar-refractivity contribution in [3.05, 3.63) is 23.8 Å². The second-order valence-corrected chi connectivity index (χ2v) is 3.04. The monoisotopic (exact) mass is 213 g/mol. The first-order chi connectivity index (χ1) is 6.93. The molecule has 0 aliphatic carbocycles. The summed E-state index contributed by atoms with van der Waals surface area (Å²) in [5.41, 5.74) is 5.51. The van der Waals surface area contributed by atoms with Crippen molar-refractivity contribution in [1.29, 1.82) is 0 Å². The van der Waals surface area contributed by atoms with Gasteiger partial charge in [-0.3, -0.25) is 0 Å². The number of carbonyl (C=O) groups is 1. The maximum absolute atomic E-state index is 10.4. The van der Waals surface area contributed by atoms with E-state index in [2.05, 4.69) is 0 Å². The highest BCUT2D eigenvalue weighted by Gasteiger charge is 2.26. The minimum atomic E-state index is -1.95. The van der Waals surface area contributed by atoms with Gasteiger partial charge in [0, 0.05) is 17.3 Å². The minimum Gasteiger partial charge on any atom is -0.508 e. The van der Waals surface area contributed by atoms with Crippen LogP contribution < -0.4 is 5.73 Å². The van der Waals surface area contributed by atoms with Crippen LogP contribution in [-0.4, -0.2) is 32.5 Å². The number of phenols is 1. The van der Waals surface area contributed by atoms with Crippen LogP contribution in [0.1, 0.15) is 11.7 Å². The van der Waals surface area contributed by atoms with Gasteiger partial charge in [-0.05, 0) is 6.07 Å². The molecule has 0 bridgehead atoms. The SMILES string of the molecule is Nc1cc(O)ccc1C(O)C(O)C(=O)O. The van der Waals surface area contributed by atoms with Crippen LogP contribution in [0.5, 0.6) is 5.75 Å². The molecule has 1 rings (SSSR count). The molecule has 6 N–H and O–H groups in total. The summed E-state index contributed by atoms with van der Waals surface area (Å²) in [7, 11) is 0. The molecule has 2 atom stereocenters. The van der Waals surface area contributed by atoms with E-state index in [0.717, 1.165) is 6.07 Å². The topological polar surface area (TPSA) is 124 Å². The maximum Gasteiger partial charge on any atom is 0.335 e. The zero-order valence-electron chi connectivity index (χ0n) is 7.66. The van der Waals surface area contributed by atoms with Crippen LogP contribution in [0.25, 0.3) is 0 Å². The fourth-order valence-electron chi connectivity index (χ4n) is 1.14. The Hall–Kier alpha value is -1.79. The van der Waals surface area contributed by atoms with E-state index < -0.39 is 18.2 Å². The normalized spacial score (nSPS) is 14.5. The van der Waals surface area contributed by atoms with Crippen molar-refractivity contribution in [1.82, 2.24) is 0 Å². The van der Waals surface area contributed by atoms with Crippen molar-refractivity contribution >= 4 is 11.7 Å². The zero-order chi connectivity index (χ0) is 11.6. The lowest BCUT2D eigenvalue weighted by molar-refractivity contribution is -0.153. The van der Waals surface area contributed by atoms with Crippen molar-refractivity contribution in [3.63, 3.8) is 0 Å². The third-order valence-electron chi connectivity index (χ3n) is 1.94. The Labute approximate surface area is 85.2 Å². The van der Waals surface area contributed by atoms with E-state index in [-0.39, 0.29) is 17.0 Å². The van der Waals surface area contributed by atoms with E-state index in [1.54, 1.807) is 0 Å².